The van der Waals surface area contributed by atoms with Crippen molar-refractivity contribution in [2.45, 2.75) is 24.2 Å². The van der Waals surface area contributed by atoms with Crippen LogP contribution in [0, 0.1) is 0 Å². The number of rotatable bonds is 8. The van der Waals surface area contributed by atoms with Gasteiger partial charge in [0.15, 0.2) is 0 Å². The fraction of sp³-hybridized carbons (Fsp3) is 0.333. The Labute approximate surface area is 129 Å². The number of sulfonamides is 1. The molecule has 2 N–H and O–H groups in total. The van der Waals surface area contributed by atoms with Crippen LogP contribution in [0.3, 0.4) is 0 Å². The third-order valence-electron chi connectivity index (χ3n) is 3.14. The maximum atomic E-state index is 12.1. The Bertz CT molecular complexity index is 634. The third-order valence-corrected chi connectivity index (χ3v) is 5.35. The maximum Gasteiger partial charge on any atom is 0.240 e. The largest absolute Gasteiger partial charge is 0.396 e. The summed E-state index contributed by atoms with van der Waals surface area (Å²) in [5.74, 6) is 0. The molecule has 0 atom stereocenters. The van der Waals surface area contributed by atoms with Crippen molar-refractivity contribution in [2.24, 2.45) is 0 Å². The second-order valence-electron chi connectivity index (χ2n) is 4.75. The summed E-state index contributed by atoms with van der Waals surface area (Å²) in [6, 6.07) is 8.81. The zero-order chi connectivity index (χ0) is 15.1. The lowest BCUT2D eigenvalue weighted by molar-refractivity contribution is 0.288. The van der Waals surface area contributed by atoms with Crippen LogP contribution in [0.5, 0.6) is 0 Å². The highest BCUT2D eigenvalue weighted by Gasteiger charge is 2.13. The second-order valence-corrected chi connectivity index (χ2v) is 7.30. The molecule has 114 valence electrons. The minimum Gasteiger partial charge on any atom is -0.396 e. The molecule has 0 radical (unpaired) electrons. The van der Waals surface area contributed by atoms with E-state index in [0.29, 0.717) is 19.4 Å². The quantitative estimate of drug-likeness (QED) is 0.782. The molecule has 2 rings (SSSR count). The van der Waals surface area contributed by atoms with Crippen molar-refractivity contribution in [3.8, 4) is 0 Å². The zero-order valence-electron chi connectivity index (χ0n) is 11.7. The smallest absolute Gasteiger partial charge is 0.240 e. The monoisotopic (exact) mass is 325 g/mol. The van der Waals surface area contributed by atoms with E-state index in [1.807, 2.05) is 16.8 Å². The molecule has 0 amide bonds. The summed E-state index contributed by atoms with van der Waals surface area (Å²) in [6.45, 7) is 0.537. The first-order chi connectivity index (χ1) is 10.1. The van der Waals surface area contributed by atoms with Crippen LogP contribution in [0.2, 0.25) is 0 Å². The minimum absolute atomic E-state index is 0.143. The molecule has 0 saturated carbocycles. The predicted octanol–water partition coefficient (Wildman–Crippen LogP) is 2.19. The summed E-state index contributed by atoms with van der Waals surface area (Å²) in [4.78, 5) is 0.278. The van der Waals surface area contributed by atoms with Gasteiger partial charge in [-0.3, -0.25) is 0 Å². The first-order valence-corrected chi connectivity index (χ1v) is 9.25. The number of hydrogen-bond acceptors (Lipinski definition) is 4. The average Bonchev–Trinajstić information content (AvgIpc) is 2.98. The van der Waals surface area contributed by atoms with Crippen molar-refractivity contribution in [1.82, 2.24) is 4.72 Å². The molecule has 6 heteroatoms. The van der Waals surface area contributed by atoms with E-state index in [-0.39, 0.29) is 11.5 Å². The molecule has 1 aromatic carbocycles. The molecule has 21 heavy (non-hydrogen) atoms. The molecule has 0 fully saturated rings. The zero-order valence-corrected chi connectivity index (χ0v) is 13.3. The summed E-state index contributed by atoms with van der Waals surface area (Å²) >= 11 is 1.61. The van der Waals surface area contributed by atoms with Gasteiger partial charge in [0.2, 0.25) is 10.0 Å². The number of aliphatic hydroxyl groups excluding tert-OH is 1. The van der Waals surface area contributed by atoms with Gasteiger partial charge >= 0.3 is 0 Å². The Hall–Kier alpha value is -1.21. The highest BCUT2D eigenvalue weighted by atomic mass is 32.2. The third kappa shape index (κ3) is 4.93. The lowest BCUT2D eigenvalue weighted by atomic mass is 10.1. The van der Waals surface area contributed by atoms with E-state index in [2.05, 4.69) is 4.72 Å². The minimum atomic E-state index is -3.45. The lowest BCUT2D eigenvalue weighted by Crippen LogP contribution is -2.25. The first kappa shape index (κ1) is 16.2. The summed E-state index contributed by atoms with van der Waals surface area (Å²) in [7, 11) is -3.45. The Morgan fingerprint density at radius 1 is 1.05 bits per heavy atom. The van der Waals surface area contributed by atoms with Gasteiger partial charge in [-0.15, -0.1) is 0 Å². The van der Waals surface area contributed by atoms with E-state index in [9.17, 15) is 8.42 Å². The van der Waals surface area contributed by atoms with Crippen LogP contribution in [0.4, 0.5) is 0 Å². The van der Waals surface area contributed by atoms with Gasteiger partial charge in [-0.05, 0) is 59.3 Å². The van der Waals surface area contributed by atoms with Crippen LogP contribution in [0.25, 0.3) is 0 Å². The standard InChI is InChI=1S/C15H19NO3S2/c17-10-1-2-13-3-5-15(6-4-13)21(18,19)16-9-7-14-8-11-20-12-14/h3-6,8,11-12,16-17H,1-2,7,9-10H2. The highest BCUT2D eigenvalue weighted by molar-refractivity contribution is 7.89. The Morgan fingerprint density at radius 3 is 2.43 bits per heavy atom. The van der Waals surface area contributed by atoms with Crippen LogP contribution in [0.1, 0.15) is 17.5 Å². The fourth-order valence-electron chi connectivity index (χ4n) is 1.97. The molecular weight excluding hydrogens is 306 g/mol. The maximum absolute atomic E-state index is 12.1. The Morgan fingerprint density at radius 2 is 1.81 bits per heavy atom. The van der Waals surface area contributed by atoms with E-state index >= 15 is 0 Å². The molecule has 0 spiro atoms. The molecular formula is C15H19NO3S2. The predicted molar refractivity (Wildman–Crippen MR) is 85.1 cm³/mol. The number of hydrogen-bond donors (Lipinski definition) is 2. The number of aryl methyl sites for hydroxylation is 1. The molecule has 0 saturated heterocycles. The molecule has 1 aromatic heterocycles. The number of aliphatic hydroxyl groups is 1. The van der Waals surface area contributed by atoms with Crippen molar-refractivity contribution in [1.29, 1.82) is 0 Å². The lowest BCUT2D eigenvalue weighted by Gasteiger charge is -2.07. The SMILES string of the molecule is O=S(=O)(NCCc1ccsc1)c1ccc(CCCO)cc1. The van der Waals surface area contributed by atoms with E-state index in [4.69, 9.17) is 5.11 Å². The normalized spacial score (nSPS) is 11.7. The average molecular weight is 325 g/mol. The van der Waals surface area contributed by atoms with E-state index < -0.39 is 10.0 Å². The van der Waals surface area contributed by atoms with Crippen molar-refractivity contribution in [3.63, 3.8) is 0 Å². The van der Waals surface area contributed by atoms with E-state index in [1.54, 1.807) is 35.6 Å². The van der Waals surface area contributed by atoms with Crippen LogP contribution < -0.4 is 4.72 Å². The summed E-state index contributed by atoms with van der Waals surface area (Å²) in [5, 5.41) is 12.8. The topological polar surface area (TPSA) is 66.4 Å². The number of nitrogens with one attached hydrogen (secondary N) is 1. The molecule has 4 nitrogen and oxygen atoms in total. The van der Waals surface area contributed by atoms with Gasteiger partial charge < -0.3 is 5.11 Å². The van der Waals surface area contributed by atoms with Crippen molar-refractivity contribution >= 4 is 21.4 Å². The Balaban J connectivity index is 1.92. The summed E-state index contributed by atoms with van der Waals surface area (Å²) in [5.41, 5.74) is 2.17. The van der Waals surface area contributed by atoms with E-state index in [0.717, 1.165) is 17.5 Å². The van der Waals surface area contributed by atoms with Crippen molar-refractivity contribution < 1.29 is 13.5 Å². The van der Waals surface area contributed by atoms with Crippen LogP contribution in [-0.4, -0.2) is 26.7 Å². The summed E-state index contributed by atoms with van der Waals surface area (Å²) < 4.78 is 26.9. The van der Waals surface area contributed by atoms with Gasteiger partial charge in [0, 0.05) is 13.2 Å². The van der Waals surface area contributed by atoms with Crippen molar-refractivity contribution in [2.75, 3.05) is 13.2 Å². The molecule has 0 aliphatic heterocycles. The van der Waals surface area contributed by atoms with Gasteiger partial charge in [-0.25, -0.2) is 13.1 Å². The van der Waals surface area contributed by atoms with Crippen LogP contribution in [0.15, 0.2) is 46.0 Å². The molecule has 0 unspecified atom stereocenters. The number of benzene rings is 1. The van der Waals surface area contributed by atoms with Crippen LogP contribution >= 0.6 is 11.3 Å². The fourth-order valence-corrected chi connectivity index (χ4v) is 3.70. The van der Waals surface area contributed by atoms with Gasteiger partial charge in [-0.1, -0.05) is 12.1 Å². The van der Waals surface area contributed by atoms with Gasteiger partial charge in [-0.2, -0.15) is 11.3 Å². The highest BCUT2D eigenvalue weighted by Crippen LogP contribution is 2.12. The van der Waals surface area contributed by atoms with Gasteiger partial charge in [0.05, 0.1) is 4.90 Å². The molecule has 0 aliphatic rings. The first-order valence-electron chi connectivity index (χ1n) is 6.82. The summed E-state index contributed by atoms with van der Waals surface area (Å²) in [6.07, 6.45) is 2.13. The second kappa shape index (κ2) is 7.70. The molecule has 2 aromatic rings. The molecule has 1 heterocycles. The molecule has 0 aliphatic carbocycles. The van der Waals surface area contributed by atoms with Gasteiger partial charge in [0.25, 0.3) is 0 Å². The Kier molecular flexibility index (Phi) is 5.93. The van der Waals surface area contributed by atoms with Crippen LogP contribution in [-0.2, 0) is 22.9 Å². The van der Waals surface area contributed by atoms with Crippen molar-refractivity contribution in [3.05, 3.63) is 52.2 Å². The molecule has 0 bridgehead atoms. The number of thiophene rings is 1. The van der Waals surface area contributed by atoms with Gasteiger partial charge in [0.1, 0.15) is 0 Å². The van der Waals surface area contributed by atoms with E-state index in [1.165, 1.54) is 0 Å².